The largest absolute Gasteiger partial charge is 0.300 e. The smallest absolute Gasteiger partial charge is 0.0166 e. The Morgan fingerprint density at radius 1 is 0.957 bits per heavy atom. The zero-order valence-electron chi connectivity index (χ0n) is 15.3. The zero-order valence-corrected chi connectivity index (χ0v) is 15.3. The second-order valence-corrected chi connectivity index (χ2v) is 6.59. The molecule has 0 unspecified atom stereocenters. The molecule has 0 amide bonds. The van der Waals surface area contributed by atoms with Gasteiger partial charge >= 0.3 is 0 Å². The van der Waals surface area contributed by atoms with E-state index >= 15 is 0 Å². The Labute approximate surface area is 143 Å². The van der Waals surface area contributed by atoms with Crippen LogP contribution in [0.15, 0.2) is 30.3 Å². The van der Waals surface area contributed by atoms with Crippen LogP contribution in [0.2, 0.25) is 0 Å². The van der Waals surface area contributed by atoms with Gasteiger partial charge in [0.15, 0.2) is 0 Å². The van der Waals surface area contributed by atoms with Crippen LogP contribution in [0.4, 0.5) is 0 Å². The van der Waals surface area contributed by atoms with Gasteiger partial charge in [-0.1, -0.05) is 55.8 Å². The van der Waals surface area contributed by atoms with Gasteiger partial charge in [-0.05, 0) is 64.3 Å². The van der Waals surface area contributed by atoms with E-state index in [2.05, 4.69) is 53.1 Å². The minimum Gasteiger partial charge on any atom is -0.300 e. The molecule has 23 heavy (non-hydrogen) atoms. The van der Waals surface area contributed by atoms with Crippen molar-refractivity contribution in [3.63, 3.8) is 0 Å². The predicted octanol–water partition coefficient (Wildman–Crippen LogP) is 4.59. The second kappa shape index (κ2) is 9.89. The summed E-state index contributed by atoms with van der Waals surface area (Å²) in [7, 11) is 0. The lowest BCUT2D eigenvalue weighted by Gasteiger charge is -2.36. The van der Waals surface area contributed by atoms with Crippen molar-refractivity contribution in [3.8, 4) is 0 Å². The molecule has 0 spiro atoms. The summed E-state index contributed by atoms with van der Waals surface area (Å²) in [4.78, 5) is 5.32. The summed E-state index contributed by atoms with van der Waals surface area (Å²) in [6.45, 7) is 12.5. The van der Waals surface area contributed by atoms with Gasteiger partial charge in [-0.2, -0.15) is 0 Å². The molecule has 0 saturated carbocycles. The van der Waals surface area contributed by atoms with E-state index in [1.165, 1.54) is 63.0 Å². The van der Waals surface area contributed by atoms with Crippen molar-refractivity contribution >= 4 is 6.08 Å². The van der Waals surface area contributed by atoms with E-state index in [1.54, 1.807) is 0 Å². The van der Waals surface area contributed by atoms with Gasteiger partial charge in [0, 0.05) is 12.6 Å². The first-order valence-corrected chi connectivity index (χ1v) is 9.51. The maximum absolute atomic E-state index is 2.72. The molecule has 1 aromatic carbocycles. The van der Waals surface area contributed by atoms with Gasteiger partial charge in [0.1, 0.15) is 0 Å². The quantitative estimate of drug-likeness (QED) is 0.801. The van der Waals surface area contributed by atoms with Crippen LogP contribution in [0.25, 0.3) is 6.08 Å². The molecule has 2 fully saturated rings. The highest BCUT2D eigenvalue weighted by molar-refractivity contribution is 5.49. The summed E-state index contributed by atoms with van der Waals surface area (Å²) in [5, 5.41) is 0. The lowest BCUT2D eigenvalue weighted by molar-refractivity contribution is 0.135. The van der Waals surface area contributed by atoms with Gasteiger partial charge in [-0.25, -0.2) is 0 Å². The Bertz CT molecular complexity index is 449. The Kier molecular flexibility index (Phi) is 7.84. The summed E-state index contributed by atoms with van der Waals surface area (Å²) >= 11 is 0. The van der Waals surface area contributed by atoms with Crippen molar-refractivity contribution in [2.45, 2.75) is 52.5 Å². The molecule has 2 heterocycles. The number of nitrogens with zero attached hydrogens (tertiary/aromatic N) is 2. The molecule has 0 radical (unpaired) electrons. The highest BCUT2D eigenvalue weighted by Gasteiger charge is 2.25. The van der Waals surface area contributed by atoms with E-state index in [0.717, 1.165) is 12.6 Å². The van der Waals surface area contributed by atoms with E-state index < -0.39 is 0 Å². The van der Waals surface area contributed by atoms with Crippen LogP contribution in [0, 0.1) is 6.92 Å². The first-order chi connectivity index (χ1) is 11.3. The lowest BCUT2D eigenvalue weighted by atomic mass is 10.0. The van der Waals surface area contributed by atoms with E-state index in [0.29, 0.717) is 0 Å². The fourth-order valence-corrected chi connectivity index (χ4v) is 3.59. The molecule has 2 saturated heterocycles. The molecule has 1 aromatic rings. The van der Waals surface area contributed by atoms with Crippen LogP contribution in [0.1, 0.15) is 50.7 Å². The molecule has 0 aromatic heterocycles. The van der Waals surface area contributed by atoms with Crippen LogP contribution in [-0.4, -0.2) is 48.6 Å². The molecule has 0 bridgehead atoms. The Morgan fingerprint density at radius 2 is 1.57 bits per heavy atom. The minimum absolute atomic E-state index is 0.866. The van der Waals surface area contributed by atoms with Gasteiger partial charge in [0.2, 0.25) is 0 Å². The SMILES string of the molecule is CC.Cc1ccc(/C=C/CN2CCC(N3CCCC3)CC2)cc1. The topological polar surface area (TPSA) is 6.48 Å². The number of likely N-dealkylation sites (tertiary alicyclic amines) is 2. The van der Waals surface area contributed by atoms with E-state index in [-0.39, 0.29) is 0 Å². The summed E-state index contributed by atoms with van der Waals surface area (Å²) in [5.74, 6) is 0. The molecular formula is C21H34N2. The molecule has 3 rings (SSSR count). The number of hydrogen-bond donors (Lipinski definition) is 0. The van der Waals surface area contributed by atoms with Gasteiger partial charge in [0.25, 0.3) is 0 Å². The van der Waals surface area contributed by atoms with Crippen molar-refractivity contribution in [2.24, 2.45) is 0 Å². The number of hydrogen-bond acceptors (Lipinski definition) is 2. The first kappa shape index (κ1) is 18.2. The molecule has 0 atom stereocenters. The normalized spacial score (nSPS) is 20.7. The monoisotopic (exact) mass is 314 g/mol. The number of benzene rings is 1. The van der Waals surface area contributed by atoms with Crippen molar-refractivity contribution in [1.82, 2.24) is 9.80 Å². The van der Waals surface area contributed by atoms with Gasteiger partial charge in [-0.3, -0.25) is 4.90 Å². The Hall–Kier alpha value is -1.12. The van der Waals surface area contributed by atoms with Crippen molar-refractivity contribution in [2.75, 3.05) is 32.7 Å². The third kappa shape index (κ3) is 5.78. The average molecular weight is 315 g/mol. The van der Waals surface area contributed by atoms with E-state index in [1.807, 2.05) is 13.8 Å². The van der Waals surface area contributed by atoms with Crippen molar-refractivity contribution < 1.29 is 0 Å². The highest BCUT2D eigenvalue weighted by Crippen LogP contribution is 2.21. The first-order valence-electron chi connectivity index (χ1n) is 9.51. The molecule has 2 aliphatic heterocycles. The van der Waals surface area contributed by atoms with Crippen LogP contribution in [0.3, 0.4) is 0 Å². The zero-order chi connectivity index (χ0) is 16.5. The summed E-state index contributed by atoms with van der Waals surface area (Å²) in [6.07, 6.45) is 10.1. The fraction of sp³-hybridized carbons (Fsp3) is 0.619. The molecule has 2 nitrogen and oxygen atoms in total. The summed E-state index contributed by atoms with van der Waals surface area (Å²) in [5.41, 5.74) is 2.64. The number of aryl methyl sites for hydroxylation is 1. The third-order valence-corrected chi connectivity index (χ3v) is 4.97. The Morgan fingerprint density at radius 3 is 2.17 bits per heavy atom. The second-order valence-electron chi connectivity index (χ2n) is 6.59. The van der Waals surface area contributed by atoms with Gasteiger partial charge in [0.05, 0.1) is 0 Å². The fourth-order valence-electron chi connectivity index (χ4n) is 3.59. The highest BCUT2D eigenvalue weighted by atomic mass is 15.2. The minimum atomic E-state index is 0.866. The molecule has 0 aliphatic carbocycles. The van der Waals surface area contributed by atoms with Crippen LogP contribution < -0.4 is 0 Å². The molecule has 2 aliphatic rings. The van der Waals surface area contributed by atoms with Crippen LogP contribution >= 0.6 is 0 Å². The number of piperidine rings is 1. The third-order valence-electron chi connectivity index (χ3n) is 4.97. The van der Waals surface area contributed by atoms with Crippen molar-refractivity contribution in [3.05, 3.63) is 41.5 Å². The molecule has 0 N–H and O–H groups in total. The van der Waals surface area contributed by atoms with Gasteiger partial charge < -0.3 is 4.90 Å². The molecule has 128 valence electrons. The lowest BCUT2D eigenvalue weighted by Crippen LogP contribution is -2.43. The van der Waals surface area contributed by atoms with E-state index in [4.69, 9.17) is 0 Å². The summed E-state index contributed by atoms with van der Waals surface area (Å²) in [6, 6.07) is 9.63. The van der Waals surface area contributed by atoms with Crippen molar-refractivity contribution in [1.29, 1.82) is 0 Å². The summed E-state index contributed by atoms with van der Waals surface area (Å²) < 4.78 is 0. The van der Waals surface area contributed by atoms with Crippen LogP contribution in [-0.2, 0) is 0 Å². The van der Waals surface area contributed by atoms with Crippen LogP contribution in [0.5, 0.6) is 0 Å². The maximum atomic E-state index is 2.72. The number of rotatable bonds is 4. The molecule has 2 heteroatoms. The predicted molar refractivity (Wildman–Crippen MR) is 102 cm³/mol. The molecular weight excluding hydrogens is 280 g/mol. The standard InChI is InChI=1S/C19H28N2.C2H6/c1-17-6-8-18(9-7-17)5-4-12-20-15-10-19(11-16-20)21-13-2-3-14-21;1-2/h4-9,19H,2-3,10-16H2,1H3;1-2H3/b5-4+;. The average Bonchev–Trinajstić information content (AvgIpc) is 3.14. The van der Waals surface area contributed by atoms with E-state index in [9.17, 15) is 0 Å². The Balaban J connectivity index is 0.000000924. The van der Waals surface area contributed by atoms with Gasteiger partial charge in [-0.15, -0.1) is 0 Å². The maximum Gasteiger partial charge on any atom is 0.0166 e.